The first kappa shape index (κ1) is 27.9. The van der Waals surface area contributed by atoms with Gasteiger partial charge in [-0.05, 0) is 69.2 Å². The van der Waals surface area contributed by atoms with Gasteiger partial charge in [-0.3, -0.25) is 13.9 Å². The summed E-state index contributed by atoms with van der Waals surface area (Å²) in [7, 11) is -4.14. The zero-order valence-electron chi connectivity index (χ0n) is 21.4. The Labute approximate surface area is 218 Å². The molecule has 3 aromatic rings. The second-order valence-electron chi connectivity index (χ2n) is 8.85. The van der Waals surface area contributed by atoms with E-state index in [1.54, 1.807) is 43.3 Å². The summed E-state index contributed by atoms with van der Waals surface area (Å²) < 4.78 is 43.0. The van der Waals surface area contributed by atoms with E-state index in [1.807, 2.05) is 19.9 Å². The van der Waals surface area contributed by atoms with Crippen LogP contribution in [0.5, 0.6) is 0 Å². The van der Waals surface area contributed by atoms with Gasteiger partial charge >= 0.3 is 0 Å². The van der Waals surface area contributed by atoms with E-state index in [1.165, 1.54) is 42.2 Å². The molecule has 1 N–H and O–H groups in total. The molecule has 0 radical (unpaired) electrons. The maximum absolute atomic E-state index is 14.5. The summed E-state index contributed by atoms with van der Waals surface area (Å²) in [6.45, 7) is 6.55. The first-order valence-corrected chi connectivity index (χ1v) is 13.4. The van der Waals surface area contributed by atoms with Crippen molar-refractivity contribution in [3.63, 3.8) is 0 Å². The minimum Gasteiger partial charge on any atom is -0.355 e. The zero-order chi connectivity index (χ0) is 27.2. The van der Waals surface area contributed by atoms with Crippen LogP contribution >= 0.6 is 0 Å². The monoisotopic (exact) mass is 525 g/mol. The Hall–Kier alpha value is -3.72. The molecule has 0 spiro atoms. The van der Waals surface area contributed by atoms with Gasteiger partial charge in [0.2, 0.25) is 11.8 Å². The van der Waals surface area contributed by atoms with E-state index < -0.39 is 40.2 Å². The van der Waals surface area contributed by atoms with E-state index in [2.05, 4.69) is 5.32 Å². The quantitative estimate of drug-likeness (QED) is 0.430. The van der Waals surface area contributed by atoms with Crippen LogP contribution in [-0.4, -0.2) is 44.3 Å². The van der Waals surface area contributed by atoms with Crippen LogP contribution in [0, 0.1) is 19.7 Å². The molecule has 37 heavy (non-hydrogen) atoms. The Bertz CT molecular complexity index is 1340. The Morgan fingerprint density at radius 1 is 0.946 bits per heavy atom. The zero-order valence-corrected chi connectivity index (χ0v) is 22.3. The van der Waals surface area contributed by atoms with Gasteiger partial charge in [0.1, 0.15) is 18.4 Å². The number of nitrogens with one attached hydrogen (secondary N) is 1. The number of carbonyl (C=O) groups is 2. The lowest BCUT2D eigenvalue weighted by Crippen LogP contribution is -2.51. The van der Waals surface area contributed by atoms with Crippen LogP contribution in [0.25, 0.3) is 0 Å². The number of likely N-dealkylation sites (N-methyl/N-ethyl adjacent to an activating group) is 1. The van der Waals surface area contributed by atoms with Crippen molar-refractivity contribution in [3.8, 4) is 0 Å². The molecule has 0 fully saturated rings. The fourth-order valence-electron chi connectivity index (χ4n) is 4.06. The van der Waals surface area contributed by atoms with Gasteiger partial charge in [-0.25, -0.2) is 12.8 Å². The van der Waals surface area contributed by atoms with Gasteiger partial charge < -0.3 is 10.2 Å². The highest BCUT2D eigenvalue weighted by Crippen LogP contribution is 2.26. The maximum atomic E-state index is 14.5. The first-order valence-electron chi connectivity index (χ1n) is 12.0. The standard InChI is InChI=1S/C28H32FN3O4S/c1-5-30-28(34)22(4)31(18-23-11-9-10-14-26(23)29)27(33)19-32(24-16-20(2)15-21(3)17-24)37(35,36)25-12-7-6-8-13-25/h6-17,22H,5,18-19H2,1-4H3,(H,30,34)/t22-/m1/s1. The number of hydrogen-bond acceptors (Lipinski definition) is 4. The molecule has 3 rings (SSSR count). The van der Waals surface area contributed by atoms with E-state index in [0.29, 0.717) is 12.2 Å². The molecular formula is C28H32FN3O4S. The number of rotatable bonds is 10. The number of carbonyl (C=O) groups excluding carboxylic acids is 2. The highest BCUT2D eigenvalue weighted by atomic mass is 32.2. The molecule has 0 unspecified atom stereocenters. The molecule has 3 aromatic carbocycles. The van der Waals surface area contributed by atoms with Crippen LogP contribution in [0.3, 0.4) is 0 Å². The van der Waals surface area contributed by atoms with Crippen molar-refractivity contribution < 1.29 is 22.4 Å². The third-order valence-electron chi connectivity index (χ3n) is 5.92. The average Bonchev–Trinajstić information content (AvgIpc) is 2.86. The van der Waals surface area contributed by atoms with Crippen LogP contribution < -0.4 is 9.62 Å². The van der Waals surface area contributed by atoms with E-state index in [9.17, 15) is 22.4 Å². The van der Waals surface area contributed by atoms with E-state index in [4.69, 9.17) is 0 Å². The fourth-order valence-corrected chi connectivity index (χ4v) is 5.48. The summed E-state index contributed by atoms with van der Waals surface area (Å²) >= 11 is 0. The van der Waals surface area contributed by atoms with Gasteiger partial charge in [-0.1, -0.05) is 42.5 Å². The second kappa shape index (κ2) is 12.0. The van der Waals surface area contributed by atoms with Gasteiger partial charge in [0.15, 0.2) is 0 Å². The molecule has 9 heteroatoms. The summed E-state index contributed by atoms with van der Waals surface area (Å²) in [6.07, 6.45) is 0. The van der Waals surface area contributed by atoms with Crippen molar-refractivity contribution >= 4 is 27.5 Å². The molecular weight excluding hydrogens is 493 g/mol. The van der Waals surface area contributed by atoms with Crippen molar-refractivity contribution in [3.05, 3.63) is 95.3 Å². The van der Waals surface area contributed by atoms with E-state index >= 15 is 0 Å². The van der Waals surface area contributed by atoms with Gasteiger partial charge in [-0.2, -0.15) is 0 Å². The highest BCUT2D eigenvalue weighted by molar-refractivity contribution is 7.92. The number of anilines is 1. The predicted molar refractivity (Wildman–Crippen MR) is 142 cm³/mol. The Morgan fingerprint density at radius 2 is 1.54 bits per heavy atom. The van der Waals surface area contributed by atoms with E-state index in [-0.39, 0.29) is 17.0 Å². The summed E-state index contributed by atoms with van der Waals surface area (Å²) in [5.41, 5.74) is 2.20. The highest BCUT2D eigenvalue weighted by Gasteiger charge is 2.32. The Balaban J connectivity index is 2.06. The molecule has 0 aliphatic carbocycles. The molecule has 0 aliphatic rings. The molecule has 196 valence electrons. The molecule has 0 saturated carbocycles. The largest absolute Gasteiger partial charge is 0.355 e. The summed E-state index contributed by atoms with van der Waals surface area (Å²) in [4.78, 5) is 27.7. The third kappa shape index (κ3) is 6.74. The number of nitrogens with zero attached hydrogens (tertiary/aromatic N) is 2. The number of sulfonamides is 1. The molecule has 0 aromatic heterocycles. The smallest absolute Gasteiger partial charge is 0.264 e. The number of amides is 2. The van der Waals surface area contributed by atoms with Crippen molar-refractivity contribution in [1.82, 2.24) is 10.2 Å². The Morgan fingerprint density at radius 3 is 2.14 bits per heavy atom. The van der Waals surface area contributed by atoms with Crippen LogP contribution in [0.4, 0.5) is 10.1 Å². The molecule has 0 saturated heterocycles. The van der Waals surface area contributed by atoms with Gasteiger partial charge in [0.05, 0.1) is 10.6 Å². The number of hydrogen-bond donors (Lipinski definition) is 1. The normalized spacial score (nSPS) is 12.0. The lowest BCUT2D eigenvalue weighted by atomic mass is 10.1. The Kier molecular flexibility index (Phi) is 9.04. The molecule has 7 nitrogen and oxygen atoms in total. The van der Waals surface area contributed by atoms with Crippen LogP contribution in [-0.2, 0) is 26.2 Å². The third-order valence-corrected chi connectivity index (χ3v) is 7.71. The van der Waals surface area contributed by atoms with Crippen molar-refractivity contribution in [2.24, 2.45) is 0 Å². The number of halogens is 1. The lowest BCUT2D eigenvalue weighted by molar-refractivity contribution is -0.139. The fraction of sp³-hybridized carbons (Fsp3) is 0.286. The molecule has 2 amide bonds. The molecule has 0 bridgehead atoms. The predicted octanol–water partition coefficient (Wildman–Crippen LogP) is 4.19. The summed E-state index contributed by atoms with van der Waals surface area (Å²) in [5, 5.41) is 2.68. The van der Waals surface area contributed by atoms with Crippen LogP contribution in [0.15, 0.2) is 77.7 Å². The maximum Gasteiger partial charge on any atom is 0.264 e. The van der Waals surface area contributed by atoms with Crippen molar-refractivity contribution in [2.45, 2.75) is 45.2 Å². The average molecular weight is 526 g/mol. The summed E-state index contributed by atoms with van der Waals surface area (Å²) in [6, 6.07) is 18.1. The minimum absolute atomic E-state index is 0.0272. The lowest BCUT2D eigenvalue weighted by Gasteiger charge is -2.32. The van der Waals surface area contributed by atoms with Crippen molar-refractivity contribution in [1.29, 1.82) is 0 Å². The topological polar surface area (TPSA) is 86.8 Å². The first-order chi connectivity index (χ1) is 17.5. The van der Waals surface area contributed by atoms with Gasteiger partial charge in [-0.15, -0.1) is 0 Å². The van der Waals surface area contributed by atoms with Gasteiger partial charge in [0.25, 0.3) is 10.0 Å². The van der Waals surface area contributed by atoms with Crippen LogP contribution in [0.1, 0.15) is 30.5 Å². The van der Waals surface area contributed by atoms with Crippen LogP contribution in [0.2, 0.25) is 0 Å². The number of benzene rings is 3. The van der Waals surface area contributed by atoms with Crippen molar-refractivity contribution in [2.75, 3.05) is 17.4 Å². The SMILES string of the molecule is CCNC(=O)[C@@H](C)N(Cc1ccccc1F)C(=O)CN(c1cc(C)cc(C)c1)S(=O)(=O)c1ccccc1. The molecule has 0 heterocycles. The molecule has 1 atom stereocenters. The second-order valence-corrected chi connectivity index (χ2v) is 10.7. The van der Waals surface area contributed by atoms with E-state index in [0.717, 1.165) is 15.4 Å². The minimum atomic E-state index is -4.14. The summed E-state index contributed by atoms with van der Waals surface area (Å²) in [5.74, 6) is -1.58. The van der Waals surface area contributed by atoms with Gasteiger partial charge in [0, 0.05) is 18.7 Å². The number of aryl methyl sites for hydroxylation is 2. The molecule has 0 aliphatic heterocycles.